The van der Waals surface area contributed by atoms with Crippen LogP contribution in [0.15, 0.2) is 72.8 Å². The van der Waals surface area contributed by atoms with Crippen LogP contribution in [0.25, 0.3) is 0 Å². The minimum Gasteiger partial charge on any atom is -0.496 e. The van der Waals surface area contributed by atoms with Gasteiger partial charge in [-0.05, 0) is 44.4 Å². The summed E-state index contributed by atoms with van der Waals surface area (Å²) in [6, 6.07) is 27.0. The van der Waals surface area contributed by atoms with Gasteiger partial charge in [0.2, 0.25) is 0 Å². The van der Waals surface area contributed by atoms with Crippen LogP contribution in [0.5, 0.6) is 17.2 Å². The number of fused-ring (bicyclic) bond motifs is 1. The first kappa shape index (κ1) is 25.6. The van der Waals surface area contributed by atoms with Gasteiger partial charge in [0, 0.05) is 49.8 Å². The second kappa shape index (κ2) is 11.6. The van der Waals surface area contributed by atoms with Crippen molar-refractivity contribution in [1.82, 2.24) is 9.80 Å². The summed E-state index contributed by atoms with van der Waals surface area (Å²) in [4.78, 5) is 5.41. The third-order valence-corrected chi connectivity index (χ3v) is 7.81. The summed E-state index contributed by atoms with van der Waals surface area (Å²) in [6.07, 6.45) is 2.58. The fraction of sp³-hybridized carbons (Fsp3) is 0.438. The van der Waals surface area contributed by atoms with Gasteiger partial charge in [-0.3, -0.25) is 9.80 Å². The van der Waals surface area contributed by atoms with Crippen LogP contribution >= 0.6 is 0 Å². The van der Waals surface area contributed by atoms with Crippen molar-refractivity contribution < 1.29 is 14.2 Å². The lowest BCUT2D eigenvalue weighted by molar-refractivity contribution is 0.0374. The van der Waals surface area contributed by atoms with Gasteiger partial charge in [0.25, 0.3) is 0 Å². The van der Waals surface area contributed by atoms with Gasteiger partial charge in [0.1, 0.15) is 17.2 Å². The fourth-order valence-electron chi connectivity index (χ4n) is 6.25. The normalized spacial score (nSPS) is 20.3. The number of ether oxygens (including phenoxy) is 3. The zero-order valence-corrected chi connectivity index (χ0v) is 22.6. The monoisotopic (exact) mass is 500 g/mol. The van der Waals surface area contributed by atoms with Gasteiger partial charge >= 0.3 is 0 Å². The first-order valence-electron chi connectivity index (χ1n) is 13.6. The molecule has 2 heterocycles. The maximum absolute atomic E-state index is 6.27. The quantitative estimate of drug-likeness (QED) is 0.362. The highest BCUT2D eigenvalue weighted by Gasteiger charge is 2.42. The summed E-state index contributed by atoms with van der Waals surface area (Å²) in [5.74, 6) is 2.74. The highest BCUT2D eigenvalue weighted by molar-refractivity contribution is 5.51. The second-order valence-electron chi connectivity index (χ2n) is 10.6. The molecule has 0 aromatic heterocycles. The molecular formula is C32H40N2O3. The molecule has 0 spiro atoms. The van der Waals surface area contributed by atoms with E-state index in [9.17, 15) is 0 Å². The van der Waals surface area contributed by atoms with E-state index in [1.165, 1.54) is 30.5 Å². The number of benzene rings is 3. The minimum absolute atomic E-state index is 0.0653. The van der Waals surface area contributed by atoms with Crippen molar-refractivity contribution in [3.8, 4) is 17.2 Å². The molecule has 2 aliphatic rings. The van der Waals surface area contributed by atoms with Gasteiger partial charge in [0.15, 0.2) is 0 Å². The first-order valence-corrected chi connectivity index (χ1v) is 13.6. The van der Waals surface area contributed by atoms with Crippen molar-refractivity contribution in [2.24, 2.45) is 0 Å². The lowest BCUT2D eigenvalue weighted by Crippen LogP contribution is -2.57. The van der Waals surface area contributed by atoms with Crippen LogP contribution in [0.4, 0.5) is 0 Å². The number of rotatable bonds is 9. The molecule has 2 saturated heterocycles. The highest BCUT2D eigenvalue weighted by Crippen LogP contribution is 2.40. The Morgan fingerprint density at radius 3 is 2.08 bits per heavy atom. The Balaban J connectivity index is 1.51. The zero-order chi connectivity index (χ0) is 25.8. The summed E-state index contributed by atoms with van der Waals surface area (Å²) in [6.45, 7) is 8.13. The van der Waals surface area contributed by atoms with E-state index in [0.717, 1.165) is 42.4 Å². The smallest absolute Gasteiger partial charge is 0.131 e. The van der Waals surface area contributed by atoms with Gasteiger partial charge in [-0.15, -0.1) is 0 Å². The third kappa shape index (κ3) is 5.63. The largest absolute Gasteiger partial charge is 0.496 e. The fourth-order valence-corrected chi connectivity index (χ4v) is 6.25. The summed E-state index contributed by atoms with van der Waals surface area (Å²) in [5, 5.41) is 0. The topological polar surface area (TPSA) is 34.2 Å². The van der Waals surface area contributed by atoms with Crippen LogP contribution in [0.2, 0.25) is 0 Å². The Labute approximate surface area is 222 Å². The van der Waals surface area contributed by atoms with Crippen LogP contribution in [0.1, 0.15) is 49.3 Å². The molecule has 0 aliphatic carbocycles. The Kier molecular flexibility index (Phi) is 8.02. The van der Waals surface area contributed by atoms with Crippen LogP contribution < -0.4 is 14.2 Å². The zero-order valence-electron chi connectivity index (χ0n) is 22.6. The van der Waals surface area contributed by atoms with E-state index in [0.29, 0.717) is 18.0 Å². The average Bonchev–Trinajstić information content (AvgIpc) is 3.39. The summed E-state index contributed by atoms with van der Waals surface area (Å²) >= 11 is 0. The number of methoxy groups -OCH3 is 2. The van der Waals surface area contributed by atoms with E-state index in [2.05, 4.69) is 84.3 Å². The molecule has 0 saturated carbocycles. The maximum Gasteiger partial charge on any atom is 0.131 e. The van der Waals surface area contributed by atoms with Crippen LogP contribution in [-0.2, 0) is 6.54 Å². The molecule has 5 heteroatoms. The number of hydrogen-bond acceptors (Lipinski definition) is 5. The molecule has 5 rings (SSSR count). The van der Waals surface area contributed by atoms with E-state index < -0.39 is 0 Å². The molecule has 0 unspecified atom stereocenters. The Hall–Kier alpha value is -3.02. The lowest BCUT2D eigenvalue weighted by Gasteiger charge is -2.47. The van der Waals surface area contributed by atoms with Crippen molar-refractivity contribution in [3.05, 3.63) is 89.5 Å². The molecule has 37 heavy (non-hydrogen) atoms. The Morgan fingerprint density at radius 2 is 1.49 bits per heavy atom. The Bertz CT molecular complexity index is 1110. The van der Waals surface area contributed by atoms with Gasteiger partial charge in [-0.1, -0.05) is 60.7 Å². The van der Waals surface area contributed by atoms with E-state index in [4.69, 9.17) is 14.2 Å². The standard InChI is InChI=1S/C32H40N2O3/c1-23(2)37-31-19-27(35-3)18-30(36-4)28(31)21-33-20-26-16-11-17-34(26)29(22-33)32(24-12-7-5-8-13-24)25-14-9-6-10-15-25/h5-10,12-15,18-19,23,26,29,32H,11,16-17,20-22H2,1-4H3/t26-,29-/m0/s1. The van der Waals surface area contributed by atoms with Gasteiger partial charge in [0.05, 0.1) is 25.9 Å². The predicted molar refractivity (Wildman–Crippen MR) is 149 cm³/mol. The summed E-state index contributed by atoms with van der Waals surface area (Å²) in [7, 11) is 3.42. The predicted octanol–water partition coefficient (Wildman–Crippen LogP) is 5.97. The summed E-state index contributed by atoms with van der Waals surface area (Å²) < 4.78 is 17.7. The van der Waals surface area contributed by atoms with Gasteiger partial charge < -0.3 is 14.2 Å². The van der Waals surface area contributed by atoms with Crippen molar-refractivity contribution in [1.29, 1.82) is 0 Å². The molecule has 3 aromatic carbocycles. The van der Waals surface area contributed by atoms with E-state index >= 15 is 0 Å². The second-order valence-corrected chi connectivity index (χ2v) is 10.6. The molecule has 0 N–H and O–H groups in total. The lowest BCUT2D eigenvalue weighted by atomic mass is 9.82. The van der Waals surface area contributed by atoms with Gasteiger partial charge in [-0.25, -0.2) is 0 Å². The molecule has 3 aromatic rings. The molecule has 2 atom stereocenters. The molecule has 2 aliphatic heterocycles. The third-order valence-electron chi connectivity index (χ3n) is 7.81. The maximum atomic E-state index is 6.27. The van der Waals surface area contributed by atoms with E-state index in [1.54, 1.807) is 14.2 Å². The molecule has 0 amide bonds. The highest BCUT2D eigenvalue weighted by atomic mass is 16.5. The molecule has 196 valence electrons. The van der Waals surface area contributed by atoms with E-state index in [-0.39, 0.29) is 6.10 Å². The van der Waals surface area contributed by atoms with E-state index in [1.807, 2.05) is 12.1 Å². The summed E-state index contributed by atoms with van der Waals surface area (Å²) in [5.41, 5.74) is 3.87. The van der Waals surface area contributed by atoms with Crippen molar-refractivity contribution >= 4 is 0 Å². The molecular weight excluding hydrogens is 460 g/mol. The Morgan fingerprint density at radius 1 is 0.838 bits per heavy atom. The van der Waals surface area contributed by atoms with Gasteiger partial charge in [-0.2, -0.15) is 0 Å². The number of hydrogen-bond donors (Lipinski definition) is 0. The molecule has 0 radical (unpaired) electrons. The van der Waals surface area contributed by atoms with Crippen molar-refractivity contribution in [3.63, 3.8) is 0 Å². The number of nitrogens with zero attached hydrogens (tertiary/aromatic N) is 2. The minimum atomic E-state index is 0.0653. The van der Waals surface area contributed by atoms with Crippen LogP contribution in [-0.4, -0.2) is 61.8 Å². The van der Waals surface area contributed by atoms with Crippen LogP contribution in [0.3, 0.4) is 0 Å². The van der Waals surface area contributed by atoms with Crippen molar-refractivity contribution in [2.45, 2.75) is 57.3 Å². The van der Waals surface area contributed by atoms with Crippen LogP contribution in [0, 0.1) is 0 Å². The number of piperazine rings is 1. The average molecular weight is 501 g/mol. The molecule has 2 fully saturated rings. The molecule has 5 nitrogen and oxygen atoms in total. The molecule has 0 bridgehead atoms. The van der Waals surface area contributed by atoms with Crippen molar-refractivity contribution in [2.75, 3.05) is 33.9 Å². The first-order chi connectivity index (χ1) is 18.1. The SMILES string of the molecule is COc1cc(OC)c(CN2C[C@@H]3CCCN3[C@H](C(c3ccccc3)c3ccccc3)C2)c(OC(C)C)c1.